The summed E-state index contributed by atoms with van der Waals surface area (Å²) in [5.74, 6) is 0. The minimum absolute atomic E-state index is 0.514. The molecule has 0 unspecified atom stereocenters. The van der Waals surface area contributed by atoms with Gasteiger partial charge in [-0.1, -0.05) is 18.0 Å². The standard InChI is InChI=1S/C9H5ClN2S/c1-2-12-8-4-3-6(10)5-7(8)11-9(12)13/h1,3-5H,(H,11,13). The number of terminal acetylenes is 1. The molecular formula is C9H5ClN2S. The lowest BCUT2D eigenvalue weighted by atomic mass is 10.3. The molecule has 0 bridgehead atoms. The average Bonchev–Trinajstić information content (AvgIpc) is 2.39. The first-order valence-corrected chi connectivity index (χ1v) is 4.38. The van der Waals surface area contributed by atoms with E-state index in [1.807, 2.05) is 6.07 Å². The van der Waals surface area contributed by atoms with Gasteiger partial charge in [0.2, 0.25) is 0 Å². The zero-order valence-electron chi connectivity index (χ0n) is 6.54. The fourth-order valence-corrected chi connectivity index (χ4v) is 1.65. The third-order valence-corrected chi connectivity index (χ3v) is 2.29. The highest BCUT2D eigenvalue weighted by atomic mass is 35.5. The number of aromatic amines is 1. The van der Waals surface area contributed by atoms with Crippen molar-refractivity contribution in [2.75, 3.05) is 0 Å². The number of nitrogens with one attached hydrogen (secondary N) is 1. The maximum absolute atomic E-state index is 5.81. The van der Waals surface area contributed by atoms with E-state index in [-0.39, 0.29) is 0 Å². The van der Waals surface area contributed by atoms with Crippen molar-refractivity contribution in [3.8, 4) is 12.5 Å². The summed E-state index contributed by atoms with van der Waals surface area (Å²) in [4.78, 5) is 2.97. The predicted octanol–water partition coefficient (Wildman–Crippen LogP) is 2.79. The van der Waals surface area contributed by atoms with E-state index in [0.29, 0.717) is 9.79 Å². The summed E-state index contributed by atoms with van der Waals surface area (Å²) >= 11 is 10.8. The highest BCUT2D eigenvalue weighted by Crippen LogP contribution is 2.18. The number of hydrogen-bond donors (Lipinski definition) is 1. The van der Waals surface area contributed by atoms with Crippen LogP contribution in [-0.4, -0.2) is 9.55 Å². The first-order chi connectivity index (χ1) is 6.22. The second kappa shape index (κ2) is 2.91. The highest BCUT2D eigenvalue weighted by molar-refractivity contribution is 7.71. The Bertz CT molecular complexity index is 559. The fraction of sp³-hybridized carbons (Fsp3) is 0. The number of imidazole rings is 1. The van der Waals surface area contributed by atoms with E-state index in [1.54, 1.807) is 16.7 Å². The van der Waals surface area contributed by atoms with Crippen LogP contribution in [0.4, 0.5) is 0 Å². The lowest BCUT2D eigenvalue weighted by molar-refractivity contribution is 1.12. The molecule has 0 aliphatic rings. The number of hydrogen-bond acceptors (Lipinski definition) is 1. The van der Waals surface area contributed by atoms with Gasteiger partial charge in [-0.05, 0) is 30.4 Å². The zero-order chi connectivity index (χ0) is 9.42. The van der Waals surface area contributed by atoms with Gasteiger partial charge in [0, 0.05) is 11.1 Å². The molecule has 0 aliphatic heterocycles. The molecule has 0 amide bonds. The van der Waals surface area contributed by atoms with Crippen LogP contribution in [0.1, 0.15) is 0 Å². The van der Waals surface area contributed by atoms with Gasteiger partial charge in [-0.3, -0.25) is 0 Å². The van der Waals surface area contributed by atoms with Crippen LogP contribution in [-0.2, 0) is 0 Å². The molecule has 2 nitrogen and oxygen atoms in total. The van der Waals surface area contributed by atoms with Crippen LogP contribution in [0.2, 0.25) is 5.02 Å². The van der Waals surface area contributed by atoms with Crippen LogP contribution in [0.15, 0.2) is 18.2 Å². The second-order valence-electron chi connectivity index (χ2n) is 2.56. The molecule has 0 aliphatic carbocycles. The smallest absolute Gasteiger partial charge is 0.190 e. The summed E-state index contributed by atoms with van der Waals surface area (Å²) in [6.07, 6.45) is 5.29. The van der Waals surface area contributed by atoms with Crippen LogP contribution in [0, 0.1) is 17.2 Å². The Kier molecular flexibility index (Phi) is 1.87. The Hall–Kier alpha value is -1.24. The van der Waals surface area contributed by atoms with Gasteiger partial charge < -0.3 is 4.98 Å². The normalized spacial score (nSPS) is 10.2. The number of nitrogens with zero attached hydrogens (tertiary/aromatic N) is 1. The molecule has 1 aromatic heterocycles. The molecule has 2 rings (SSSR count). The monoisotopic (exact) mass is 208 g/mol. The van der Waals surface area contributed by atoms with Crippen molar-refractivity contribution < 1.29 is 0 Å². The molecular weight excluding hydrogens is 204 g/mol. The first-order valence-electron chi connectivity index (χ1n) is 3.59. The molecule has 0 saturated heterocycles. The Morgan fingerprint density at radius 3 is 3.00 bits per heavy atom. The quantitative estimate of drug-likeness (QED) is 0.522. The summed E-state index contributed by atoms with van der Waals surface area (Å²) in [7, 11) is 0. The largest absolute Gasteiger partial charge is 0.330 e. The van der Waals surface area contributed by atoms with Gasteiger partial charge in [0.05, 0.1) is 11.0 Å². The summed E-state index contributed by atoms with van der Waals surface area (Å²) in [6.45, 7) is 0. The van der Waals surface area contributed by atoms with Gasteiger partial charge in [-0.15, -0.1) is 0 Å². The first kappa shape index (κ1) is 8.36. The van der Waals surface area contributed by atoms with Crippen molar-refractivity contribution in [2.24, 2.45) is 0 Å². The number of fused-ring (bicyclic) bond motifs is 1. The Morgan fingerprint density at radius 1 is 1.54 bits per heavy atom. The van der Waals surface area contributed by atoms with Crippen molar-refractivity contribution in [2.45, 2.75) is 0 Å². The number of benzene rings is 1. The average molecular weight is 209 g/mol. The van der Waals surface area contributed by atoms with Crippen molar-refractivity contribution >= 4 is 34.9 Å². The SMILES string of the molecule is C#Cn1c(=S)[nH]c2cc(Cl)ccc21. The maximum atomic E-state index is 5.81. The number of aromatic nitrogens is 2. The molecule has 1 heterocycles. The molecule has 0 fully saturated rings. The Morgan fingerprint density at radius 2 is 2.31 bits per heavy atom. The lowest BCUT2D eigenvalue weighted by Crippen LogP contribution is -1.85. The minimum atomic E-state index is 0.514. The molecule has 0 spiro atoms. The number of halogens is 1. The van der Waals surface area contributed by atoms with Gasteiger partial charge in [0.15, 0.2) is 4.77 Å². The summed E-state index contributed by atoms with van der Waals surface area (Å²) in [6, 6.07) is 7.88. The molecule has 2 aromatic rings. The summed E-state index contributed by atoms with van der Waals surface area (Å²) in [5.41, 5.74) is 1.73. The van der Waals surface area contributed by atoms with E-state index in [2.05, 4.69) is 11.0 Å². The lowest BCUT2D eigenvalue weighted by Gasteiger charge is -1.92. The van der Waals surface area contributed by atoms with Gasteiger partial charge in [-0.2, -0.15) is 0 Å². The van der Waals surface area contributed by atoms with E-state index in [0.717, 1.165) is 11.0 Å². The molecule has 13 heavy (non-hydrogen) atoms. The maximum Gasteiger partial charge on any atom is 0.190 e. The minimum Gasteiger partial charge on any atom is -0.330 e. The topological polar surface area (TPSA) is 20.7 Å². The van der Waals surface area contributed by atoms with Crippen LogP contribution in [0.5, 0.6) is 0 Å². The van der Waals surface area contributed by atoms with Crippen molar-refractivity contribution in [3.05, 3.63) is 28.0 Å². The van der Waals surface area contributed by atoms with E-state index >= 15 is 0 Å². The highest BCUT2D eigenvalue weighted by Gasteiger charge is 2.01. The van der Waals surface area contributed by atoms with Crippen molar-refractivity contribution in [3.63, 3.8) is 0 Å². The van der Waals surface area contributed by atoms with E-state index in [9.17, 15) is 0 Å². The molecule has 64 valence electrons. The van der Waals surface area contributed by atoms with Gasteiger partial charge >= 0.3 is 0 Å². The Balaban J connectivity index is 2.97. The van der Waals surface area contributed by atoms with Gasteiger partial charge in [0.1, 0.15) is 0 Å². The third-order valence-electron chi connectivity index (χ3n) is 1.77. The van der Waals surface area contributed by atoms with Crippen LogP contribution in [0.25, 0.3) is 11.0 Å². The number of H-pyrrole nitrogens is 1. The van der Waals surface area contributed by atoms with E-state index in [1.165, 1.54) is 0 Å². The van der Waals surface area contributed by atoms with Crippen LogP contribution in [0.3, 0.4) is 0 Å². The molecule has 4 heteroatoms. The predicted molar refractivity (Wildman–Crippen MR) is 56.4 cm³/mol. The second-order valence-corrected chi connectivity index (χ2v) is 3.38. The fourth-order valence-electron chi connectivity index (χ4n) is 1.21. The zero-order valence-corrected chi connectivity index (χ0v) is 8.12. The number of rotatable bonds is 0. The molecule has 0 radical (unpaired) electrons. The van der Waals surface area contributed by atoms with Crippen molar-refractivity contribution in [1.29, 1.82) is 0 Å². The summed E-state index contributed by atoms with van der Waals surface area (Å²) < 4.78 is 2.08. The Labute approximate surface area is 85.1 Å². The van der Waals surface area contributed by atoms with Crippen molar-refractivity contribution in [1.82, 2.24) is 9.55 Å². The van der Waals surface area contributed by atoms with Crippen LogP contribution >= 0.6 is 23.8 Å². The van der Waals surface area contributed by atoms with Crippen LogP contribution < -0.4 is 0 Å². The molecule has 0 atom stereocenters. The van der Waals surface area contributed by atoms with E-state index < -0.39 is 0 Å². The molecule has 0 saturated carbocycles. The molecule has 1 aromatic carbocycles. The third kappa shape index (κ3) is 1.24. The van der Waals surface area contributed by atoms with E-state index in [4.69, 9.17) is 30.2 Å². The van der Waals surface area contributed by atoms with Gasteiger partial charge in [-0.25, -0.2) is 4.57 Å². The van der Waals surface area contributed by atoms with Gasteiger partial charge in [0.25, 0.3) is 0 Å². The summed E-state index contributed by atoms with van der Waals surface area (Å²) in [5, 5.41) is 0.660. The molecule has 1 N–H and O–H groups in total.